The molecule has 1 aliphatic rings. The van der Waals surface area contributed by atoms with Crippen molar-refractivity contribution in [2.75, 3.05) is 0 Å². The highest BCUT2D eigenvalue weighted by Crippen LogP contribution is 2.31. The normalized spacial score (nSPS) is 16.7. The summed E-state index contributed by atoms with van der Waals surface area (Å²) in [5.41, 5.74) is -0.518. The Morgan fingerprint density at radius 2 is 2.00 bits per heavy atom. The molecule has 1 aromatic carbocycles. The molecule has 26 heavy (non-hydrogen) atoms. The summed E-state index contributed by atoms with van der Waals surface area (Å²) in [4.78, 5) is 37.1. The average Bonchev–Trinajstić information content (AvgIpc) is 2.60. The predicted molar refractivity (Wildman–Crippen MR) is 87.0 cm³/mol. The lowest BCUT2D eigenvalue weighted by molar-refractivity contribution is -0.141. The number of hydrogen-bond acceptors (Lipinski definition) is 3. The van der Waals surface area contributed by atoms with Crippen LogP contribution in [0.2, 0.25) is 0 Å². The molecule has 0 aliphatic heterocycles. The number of aromatic amines is 1. The fraction of sp³-hybridized carbons (Fsp3) is 0.278. The largest absolute Gasteiger partial charge is 0.431 e. The molecule has 0 bridgehead atoms. The van der Waals surface area contributed by atoms with Crippen LogP contribution >= 0.6 is 0 Å². The van der Waals surface area contributed by atoms with Gasteiger partial charge in [0.15, 0.2) is 0 Å². The Hall–Kier alpha value is -2.90. The second-order valence-corrected chi connectivity index (χ2v) is 6.06. The van der Waals surface area contributed by atoms with Gasteiger partial charge in [-0.05, 0) is 42.5 Å². The van der Waals surface area contributed by atoms with Crippen LogP contribution in [0.5, 0.6) is 0 Å². The van der Waals surface area contributed by atoms with Crippen molar-refractivity contribution in [2.24, 2.45) is 0 Å². The maximum absolute atomic E-state index is 12.6. The van der Waals surface area contributed by atoms with Crippen LogP contribution < -0.4 is 10.9 Å². The van der Waals surface area contributed by atoms with Gasteiger partial charge in [0.1, 0.15) is 17.5 Å². The molecule has 0 radical (unpaired) electrons. The summed E-state index contributed by atoms with van der Waals surface area (Å²) in [6.07, 6.45) is -1.88. The second kappa shape index (κ2) is 6.78. The number of hydrogen-bond donors (Lipinski definition) is 2. The summed E-state index contributed by atoms with van der Waals surface area (Å²) < 4.78 is 37.8. The maximum Gasteiger partial charge on any atom is 0.431 e. The third-order valence-electron chi connectivity index (χ3n) is 4.44. The Morgan fingerprint density at radius 3 is 2.65 bits per heavy atom. The van der Waals surface area contributed by atoms with Gasteiger partial charge >= 0.3 is 6.18 Å². The van der Waals surface area contributed by atoms with E-state index in [0.29, 0.717) is 24.5 Å². The molecule has 1 heterocycles. The van der Waals surface area contributed by atoms with Crippen LogP contribution in [0.3, 0.4) is 0 Å². The number of halogens is 3. The summed E-state index contributed by atoms with van der Waals surface area (Å²) in [5.74, 6) is -0.755. The van der Waals surface area contributed by atoms with E-state index in [4.69, 9.17) is 0 Å². The zero-order valence-electron chi connectivity index (χ0n) is 13.5. The average molecular weight is 364 g/mol. The first kappa shape index (κ1) is 17.9. The Balaban J connectivity index is 1.86. The van der Waals surface area contributed by atoms with E-state index in [1.807, 2.05) is 0 Å². The number of benzene rings is 1. The summed E-state index contributed by atoms with van der Waals surface area (Å²) in [5, 5.41) is 2.69. The minimum absolute atomic E-state index is 0.392. The molecular formula is C18H15F3N2O3. The first-order valence-electron chi connectivity index (χ1n) is 7.99. The summed E-state index contributed by atoms with van der Waals surface area (Å²) in [7, 11) is 0. The number of pyridine rings is 1. The van der Waals surface area contributed by atoms with Gasteiger partial charge in [-0.2, -0.15) is 13.2 Å². The van der Waals surface area contributed by atoms with E-state index in [1.54, 1.807) is 23.2 Å². The summed E-state index contributed by atoms with van der Waals surface area (Å²) >= 11 is 0. The van der Waals surface area contributed by atoms with E-state index in [0.717, 1.165) is 29.9 Å². The molecule has 0 saturated carbocycles. The molecule has 1 unspecified atom stereocenters. The molecule has 1 aliphatic carbocycles. The van der Waals surface area contributed by atoms with Crippen LogP contribution in [0.4, 0.5) is 13.2 Å². The van der Waals surface area contributed by atoms with Crippen molar-refractivity contribution in [3.05, 3.63) is 68.6 Å². The fourth-order valence-electron chi connectivity index (χ4n) is 3.19. The van der Waals surface area contributed by atoms with E-state index >= 15 is 0 Å². The fourth-order valence-corrected chi connectivity index (χ4v) is 3.19. The lowest BCUT2D eigenvalue weighted by Crippen LogP contribution is -2.35. The van der Waals surface area contributed by atoms with E-state index in [9.17, 15) is 27.6 Å². The standard InChI is InChI=1S/C18H15F3N2O3/c19-18(20,21)15-8-7-13(17(26)23-15)16(25)22-14-6-2-4-11-10(9-24)3-1-5-12(11)14/h1,3,5,7-9,14H,2,4,6H2,(H,22,25)(H,23,26). The molecule has 0 fully saturated rings. The van der Waals surface area contributed by atoms with Gasteiger partial charge in [-0.25, -0.2) is 0 Å². The number of carbonyl (C=O) groups excluding carboxylic acids is 2. The number of alkyl halides is 3. The highest BCUT2D eigenvalue weighted by Gasteiger charge is 2.32. The van der Waals surface area contributed by atoms with Crippen LogP contribution in [0, 0.1) is 0 Å². The number of aromatic nitrogens is 1. The molecule has 2 aromatic rings. The number of fused-ring (bicyclic) bond motifs is 1. The minimum atomic E-state index is -4.69. The zero-order chi connectivity index (χ0) is 18.9. The third-order valence-corrected chi connectivity index (χ3v) is 4.44. The smallest absolute Gasteiger partial charge is 0.345 e. The van der Waals surface area contributed by atoms with E-state index < -0.39 is 34.9 Å². The molecule has 5 nitrogen and oxygen atoms in total. The van der Waals surface area contributed by atoms with Crippen molar-refractivity contribution in [3.63, 3.8) is 0 Å². The second-order valence-electron chi connectivity index (χ2n) is 6.06. The van der Waals surface area contributed by atoms with Crippen molar-refractivity contribution in [2.45, 2.75) is 31.5 Å². The van der Waals surface area contributed by atoms with Gasteiger partial charge in [-0.15, -0.1) is 0 Å². The van der Waals surface area contributed by atoms with Crippen LogP contribution in [-0.4, -0.2) is 17.2 Å². The number of H-pyrrole nitrogens is 1. The van der Waals surface area contributed by atoms with Gasteiger partial charge in [0.05, 0.1) is 6.04 Å². The van der Waals surface area contributed by atoms with Crippen molar-refractivity contribution in [1.82, 2.24) is 10.3 Å². The Labute approximate surface area is 146 Å². The number of aldehydes is 1. The predicted octanol–water partition coefficient (Wildman–Crippen LogP) is 3.01. The first-order chi connectivity index (χ1) is 12.3. The molecule has 0 saturated heterocycles. The Bertz CT molecular complexity index is 919. The highest BCUT2D eigenvalue weighted by atomic mass is 19.4. The van der Waals surface area contributed by atoms with Gasteiger partial charge in [-0.3, -0.25) is 14.4 Å². The zero-order valence-corrected chi connectivity index (χ0v) is 13.5. The van der Waals surface area contributed by atoms with Gasteiger partial charge in [0.25, 0.3) is 11.5 Å². The van der Waals surface area contributed by atoms with Gasteiger partial charge in [0.2, 0.25) is 0 Å². The van der Waals surface area contributed by atoms with Crippen molar-refractivity contribution < 1.29 is 22.8 Å². The SMILES string of the molecule is O=Cc1cccc2c1CCCC2NC(=O)c1ccc(C(F)(F)F)[nH]c1=O. The molecule has 8 heteroatoms. The Kier molecular flexibility index (Phi) is 4.67. The quantitative estimate of drug-likeness (QED) is 0.822. The van der Waals surface area contributed by atoms with Gasteiger partial charge in [0, 0.05) is 5.56 Å². The topological polar surface area (TPSA) is 79.0 Å². The molecule has 3 rings (SSSR count). The molecule has 2 N–H and O–H groups in total. The molecular weight excluding hydrogens is 349 g/mol. The van der Waals surface area contributed by atoms with Crippen molar-refractivity contribution >= 4 is 12.2 Å². The maximum atomic E-state index is 12.6. The molecule has 1 aromatic heterocycles. The molecule has 1 atom stereocenters. The lowest BCUT2D eigenvalue weighted by atomic mass is 9.85. The highest BCUT2D eigenvalue weighted by molar-refractivity contribution is 5.94. The van der Waals surface area contributed by atoms with Crippen molar-refractivity contribution in [3.8, 4) is 0 Å². The van der Waals surface area contributed by atoms with Crippen LogP contribution in [0.1, 0.15) is 56.4 Å². The van der Waals surface area contributed by atoms with Crippen molar-refractivity contribution in [1.29, 1.82) is 0 Å². The van der Waals surface area contributed by atoms with Gasteiger partial charge in [-0.1, -0.05) is 18.2 Å². The van der Waals surface area contributed by atoms with Crippen LogP contribution in [-0.2, 0) is 12.6 Å². The Morgan fingerprint density at radius 1 is 1.23 bits per heavy atom. The van der Waals surface area contributed by atoms with E-state index in [-0.39, 0.29) is 0 Å². The molecule has 0 spiro atoms. The van der Waals surface area contributed by atoms with Gasteiger partial charge < -0.3 is 10.3 Å². The van der Waals surface area contributed by atoms with Crippen LogP contribution in [0.15, 0.2) is 35.1 Å². The monoisotopic (exact) mass is 364 g/mol. The molecule has 1 amide bonds. The number of rotatable bonds is 3. The lowest BCUT2D eigenvalue weighted by Gasteiger charge is -2.27. The van der Waals surface area contributed by atoms with E-state index in [1.165, 1.54) is 0 Å². The molecule has 136 valence electrons. The number of nitrogens with one attached hydrogen (secondary N) is 2. The van der Waals surface area contributed by atoms with Crippen LogP contribution in [0.25, 0.3) is 0 Å². The third kappa shape index (κ3) is 3.40. The summed E-state index contributed by atoms with van der Waals surface area (Å²) in [6, 6.07) is 6.31. The number of carbonyl (C=O) groups is 2. The number of amides is 1. The minimum Gasteiger partial charge on any atom is -0.345 e. The first-order valence-corrected chi connectivity index (χ1v) is 7.99. The summed E-state index contributed by atoms with van der Waals surface area (Å²) in [6.45, 7) is 0. The van der Waals surface area contributed by atoms with E-state index in [2.05, 4.69) is 5.32 Å².